The third kappa shape index (κ3) is 4.37. The van der Waals surface area contributed by atoms with Gasteiger partial charge in [0.25, 0.3) is 0 Å². The van der Waals surface area contributed by atoms with Crippen LogP contribution in [0.4, 0.5) is 10.1 Å². The molecule has 1 N–H and O–H groups in total. The number of benzene rings is 2. The highest BCUT2D eigenvalue weighted by Gasteiger charge is 2.43. The summed E-state index contributed by atoms with van der Waals surface area (Å²) in [6.45, 7) is 0. The summed E-state index contributed by atoms with van der Waals surface area (Å²) in [5.41, 5.74) is 1.90. The first-order valence-electron chi connectivity index (χ1n) is 10.8. The SMILES string of the molecule is COc1ccc(N2C(=S)N[C@H](c3ccccn3)[C@H]2c2ccc(-c3ccc(Br)cc3F)o2)c(OC)c1. The first-order chi connectivity index (χ1) is 17.0. The number of ether oxygens (including phenoxy) is 2. The molecule has 0 amide bonds. The van der Waals surface area contributed by atoms with Crippen LogP contribution in [-0.4, -0.2) is 24.3 Å². The minimum absolute atomic E-state index is 0.315. The Morgan fingerprint density at radius 1 is 1.06 bits per heavy atom. The topological polar surface area (TPSA) is 59.8 Å². The molecule has 5 rings (SSSR count). The molecule has 178 valence electrons. The van der Waals surface area contributed by atoms with E-state index in [0.29, 0.717) is 38.2 Å². The molecule has 4 aromatic rings. The normalized spacial score (nSPS) is 17.4. The van der Waals surface area contributed by atoms with Crippen molar-refractivity contribution in [1.82, 2.24) is 10.3 Å². The summed E-state index contributed by atoms with van der Waals surface area (Å²) in [6.07, 6.45) is 1.73. The molecule has 2 aromatic carbocycles. The number of nitrogens with zero attached hydrogens (tertiary/aromatic N) is 2. The number of methoxy groups -OCH3 is 2. The van der Waals surface area contributed by atoms with Crippen LogP contribution in [-0.2, 0) is 0 Å². The molecule has 2 aromatic heterocycles. The molecule has 9 heteroatoms. The molecule has 1 aliphatic heterocycles. The lowest BCUT2D eigenvalue weighted by Gasteiger charge is -2.27. The molecule has 35 heavy (non-hydrogen) atoms. The van der Waals surface area contributed by atoms with Gasteiger partial charge in [-0.05, 0) is 66.8 Å². The van der Waals surface area contributed by atoms with Crippen molar-refractivity contribution in [2.45, 2.75) is 12.1 Å². The maximum atomic E-state index is 14.7. The van der Waals surface area contributed by atoms with Crippen LogP contribution in [0.25, 0.3) is 11.3 Å². The fraction of sp³-hybridized carbons (Fsp3) is 0.154. The van der Waals surface area contributed by atoms with Gasteiger partial charge in [-0.25, -0.2) is 4.39 Å². The number of aromatic nitrogens is 1. The minimum Gasteiger partial charge on any atom is -0.497 e. The zero-order valence-corrected chi connectivity index (χ0v) is 21.3. The maximum absolute atomic E-state index is 14.7. The van der Waals surface area contributed by atoms with Crippen LogP contribution >= 0.6 is 28.1 Å². The lowest BCUT2D eigenvalue weighted by atomic mass is 10.0. The summed E-state index contributed by atoms with van der Waals surface area (Å²) in [7, 11) is 3.19. The van der Waals surface area contributed by atoms with Crippen molar-refractivity contribution >= 4 is 38.9 Å². The van der Waals surface area contributed by atoms with E-state index in [1.807, 2.05) is 41.3 Å². The van der Waals surface area contributed by atoms with Crippen molar-refractivity contribution in [2.75, 3.05) is 19.1 Å². The Bertz CT molecular complexity index is 1380. The van der Waals surface area contributed by atoms with E-state index in [1.165, 1.54) is 6.07 Å². The second-order valence-electron chi connectivity index (χ2n) is 7.86. The number of hydrogen-bond acceptors (Lipinski definition) is 5. The number of thiocarbonyl (C=S) groups is 1. The van der Waals surface area contributed by atoms with Gasteiger partial charge in [0.2, 0.25) is 0 Å². The zero-order chi connectivity index (χ0) is 24.5. The van der Waals surface area contributed by atoms with Crippen LogP contribution in [0.15, 0.2) is 81.8 Å². The number of pyridine rings is 1. The molecule has 1 fully saturated rings. The number of hydrogen-bond donors (Lipinski definition) is 1. The van der Waals surface area contributed by atoms with Crippen molar-refractivity contribution in [2.24, 2.45) is 0 Å². The van der Waals surface area contributed by atoms with E-state index in [0.717, 1.165) is 11.4 Å². The molecule has 3 heterocycles. The molecule has 0 radical (unpaired) electrons. The number of halogens is 2. The smallest absolute Gasteiger partial charge is 0.174 e. The maximum Gasteiger partial charge on any atom is 0.174 e. The summed E-state index contributed by atoms with van der Waals surface area (Å²) < 4.78 is 32.6. The minimum atomic E-state index is -0.410. The van der Waals surface area contributed by atoms with E-state index in [2.05, 4.69) is 26.2 Å². The Labute approximate surface area is 215 Å². The lowest BCUT2D eigenvalue weighted by Crippen LogP contribution is -2.29. The van der Waals surface area contributed by atoms with Gasteiger partial charge in [-0.1, -0.05) is 22.0 Å². The molecular weight excluding hydrogens is 533 g/mol. The van der Waals surface area contributed by atoms with Gasteiger partial charge in [-0.15, -0.1) is 0 Å². The Morgan fingerprint density at radius 3 is 2.63 bits per heavy atom. The average molecular weight is 554 g/mol. The van der Waals surface area contributed by atoms with Gasteiger partial charge in [0.1, 0.15) is 34.9 Å². The second-order valence-corrected chi connectivity index (χ2v) is 9.16. The van der Waals surface area contributed by atoms with Gasteiger partial charge in [-0.3, -0.25) is 4.98 Å². The van der Waals surface area contributed by atoms with Gasteiger partial charge >= 0.3 is 0 Å². The Kier molecular flexibility index (Phi) is 6.44. The van der Waals surface area contributed by atoms with Crippen LogP contribution in [0, 0.1) is 5.82 Å². The fourth-order valence-electron chi connectivity index (χ4n) is 4.23. The van der Waals surface area contributed by atoms with Crippen molar-refractivity contribution < 1.29 is 18.3 Å². The third-order valence-corrected chi connectivity index (χ3v) is 6.67. The quantitative estimate of drug-likeness (QED) is 0.276. The monoisotopic (exact) mass is 553 g/mol. The molecule has 2 atom stereocenters. The van der Waals surface area contributed by atoms with Gasteiger partial charge < -0.3 is 24.1 Å². The van der Waals surface area contributed by atoms with Crippen LogP contribution in [0.5, 0.6) is 11.5 Å². The van der Waals surface area contributed by atoms with E-state index in [1.54, 1.807) is 44.7 Å². The molecule has 1 saturated heterocycles. The predicted molar refractivity (Wildman–Crippen MR) is 139 cm³/mol. The number of rotatable bonds is 6. The van der Waals surface area contributed by atoms with Crippen LogP contribution < -0.4 is 19.7 Å². The van der Waals surface area contributed by atoms with Gasteiger partial charge in [-0.2, -0.15) is 0 Å². The number of anilines is 1. The highest BCUT2D eigenvalue weighted by Crippen LogP contribution is 2.46. The van der Waals surface area contributed by atoms with Crippen molar-refractivity contribution in [3.8, 4) is 22.8 Å². The predicted octanol–water partition coefficient (Wildman–Crippen LogP) is 6.44. The summed E-state index contributed by atoms with van der Waals surface area (Å²) >= 11 is 9.07. The number of furan rings is 1. The molecule has 0 spiro atoms. The molecule has 0 bridgehead atoms. The standard InChI is InChI=1S/C26H21BrFN3O3S/c1-32-16-7-9-20(23(14-16)33-2)31-25(24(30-26(31)35)19-5-3-4-12-29-19)22-11-10-21(34-22)17-8-6-15(27)13-18(17)28/h3-14,24-25H,1-2H3,(H,30,35)/t24-,25-/m1/s1. The molecule has 0 saturated carbocycles. The van der Waals surface area contributed by atoms with Gasteiger partial charge in [0.05, 0.1) is 37.2 Å². The molecule has 1 aliphatic rings. The van der Waals surface area contributed by atoms with Gasteiger partial charge in [0, 0.05) is 16.7 Å². The third-order valence-electron chi connectivity index (χ3n) is 5.86. The first kappa shape index (κ1) is 23.3. The van der Waals surface area contributed by atoms with Crippen molar-refractivity contribution in [3.63, 3.8) is 0 Å². The van der Waals surface area contributed by atoms with E-state index >= 15 is 0 Å². The molecular formula is C26H21BrFN3O3S. The summed E-state index contributed by atoms with van der Waals surface area (Å²) in [6, 6.07) is 19.0. The van der Waals surface area contributed by atoms with E-state index in [4.69, 9.17) is 26.1 Å². The second kappa shape index (κ2) is 9.67. The zero-order valence-electron chi connectivity index (χ0n) is 18.9. The highest BCUT2D eigenvalue weighted by atomic mass is 79.9. The molecule has 0 unspecified atom stereocenters. The highest BCUT2D eigenvalue weighted by molar-refractivity contribution is 9.10. The Balaban J connectivity index is 1.63. The van der Waals surface area contributed by atoms with Crippen molar-refractivity contribution in [3.05, 3.63) is 94.7 Å². The fourth-order valence-corrected chi connectivity index (χ4v) is 4.91. The first-order valence-corrected chi connectivity index (χ1v) is 12.0. The molecule has 0 aliphatic carbocycles. The van der Waals surface area contributed by atoms with E-state index < -0.39 is 6.04 Å². The van der Waals surface area contributed by atoms with Crippen molar-refractivity contribution in [1.29, 1.82) is 0 Å². The summed E-state index contributed by atoms with van der Waals surface area (Å²) in [5, 5.41) is 3.87. The lowest BCUT2D eigenvalue weighted by molar-refractivity contribution is 0.392. The Hall–Kier alpha value is -3.43. The largest absolute Gasteiger partial charge is 0.497 e. The average Bonchev–Trinajstić information content (AvgIpc) is 3.48. The van der Waals surface area contributed by atoms with Crippen LogP contribution in [0.2, 0.25) is 0 Å². The Morgan fingerprint density at radius 2 is 1.91 bits per heavy atom. The van der Waals surface area contributed by atoms with E-state index in [9.17, 15) is 4.39 Å². The number of nitrogens with one attached hydrogen (secondary N) is 1. The van der Waals surface area contributed by atoms with Crippen LogP contribution in [0.3, 0.4) is 0 Å². The van der Waals surface area contributed by atoms with E-state index in [-0.39, 0.29) is 11.9 Å². The van der Waals surface area contributed by atoms with Crippen LogP contribution in [0.1, 0.15) is 23.5 Å². The summed E-state index contributed by atoms with van der Waals surface area (Å²) in [5.74, 6) is 1.89. The summed E-state index contributed by atoms with van der Waals surface area (Å²) in [4.78, 5) is 6.49. The van der Waals surface area contributed by atoms with Gasteiger partial charge in [0.15, 0.2) is 5.11 Å². The molecule has 6 nitrogen and oxygen atoms in total.